The molecular weight excluding hydrogens is 374 g/mol. The van der Waals surface area contributed by atoms with Crippen molar-refractivity contribution in [1.29, 1.82) is 0 Å². The second kappa shape index (κ2) is 7.03. The molecule has 0 amide bonds. The van der Waals surface area contributed by atoms with Crippen LogP contribution in [0.3, 0.4) is 0 Å². The van der Waals surface area contributed by atoms with Gasteiger partial charge in [0.1, 0.15) is 17.2 Å². The molecule has 1 spiro atoms. The summed E-state index contributed by atoms with van der Waals surface area (Å²) in [5.74, 6) is 1.87. The van der Waals surface area contributed by atoms with Gasteiger partial charge < -0.3 is 9.15 Å². The van der Waals surface area contributed by atoms with Crippen LogP contribution in [0.5, 0.6) is 5.75 Å². The van der Waals surface area contributed by atoms with Crippen LogP contribution in [-0.2, 0) is 6.54 Å². The van der Waals surface area contributed by atoms with Gasteiger partial charge in [-0.15, -0.1) is 0 Å². The zero-order valence-corrected chi connectivity index (χ0v) is 16.9. The van der Waals surface area contributed by atoms with E-state index < -0.39 is 0 Å². The van der Waals surface area contributed by atoms with Crippen molar-refractivity contribution in [3.8, 4) is 5.75 Å². The van der Waals surface area contributed by atoms with Crippen molar-refractivity contribution in [3.63, 3.8) is 0 Å². The number of benzene rings is 2. The third-order valence-corrected chi connectivity index (χ3v) is 6.60. The summed E-state index contributed by atoms with van der Waals surface area (Å²) in [5, 5.41) is 7.29. The minimum absolute atomic E-state index is 0.204. The molecule has 4 heterocycles. The minimum atomic E-state index is -0.388. The molecular formula is C25H25N3O2. The molecule has 0 saturated carbocycles. The Hall–Kier alpha value is -3.05. The van der Waals surface area contributed by atoms with Crippen molar-refractivity contribution >= 4 is 5.71 Å². The van der Waals surface area contributed by atoms with E-state index in [4.69, 9.17) is 14.3 Å². The summed E-state index contributed by atoms with van der Waals surface area (Å²) in [6.45, 7) is 2.97. The summed E-state index contributed by atoms with van der Waals surface area (Å²) in [6, 6.07) is 23.3. The third kappa shape index (κ3) is 2.92. The van der Waals surface area contributed by atoms with E-state index >= 15 is 0 Å². The average molecular weight is 399 g/mol. The van der Waals surface area contributed by atoms with Crippen LogP contribution in [0.4, 0.5) is 0 Å². The molecule has 1 saturated heterocycles. The lowest BCUT2D eigenvalue weighted by Crippen LogP contribution is -2.59. The van der Waals surface area contributed by atoms with E-state index in [-0.39, 0.29) is 11.8 Å². The molecule has 0 aliphatic carbocycles. The monoisotopic (exact) mass is 399 g/mol. The van der Waals surface area contributed by atoms with Crippen LogP contribution in [0.1, 0.15) is 42.2 Å². The molecule has 30 heavy (non-hydrogen) atoms. The number of furan rings is 1. The fraction of sp³-hybridized carbons (Fsp3) is 0.320. The number of nitrogens with zero attached hydrogens (tertiary/aromatic N) is 3. The molecule has 1 unspecified atom stereocenters. The van der Waals surface area contributed by atoms with Crippen LogP contribution in [0, 0.1) is 0 Å². The maximum atomic E-state index is 6.70. The van der Waals surface area contributed by atoms with Crippen LogP contribution >= 0.6 is 0 Å². The Balaban J connectivity index is 1.29. The second-order valence-electron chi connectivity index (χ2n) is 8.44. The lowest BCUT2D eigenvalue weighted by atomic mass is 9.91. The number of hydrogen-bond acceptors (Lipinski definition) is 5. The number of piperidine rings is 1. The average Bonchev–Trinajstić information content (AvgIpc) is 3.47. The Kier molecular flexibility index (Phi) is 4.16. The van der Waals surface area contributed by atoms with Gasteiger partial charge in [0.15, 0.2) is 0 Å². The highest BCUT2D eigenvalue weighted by molar-refractivity contribution is 5.99. The summed E-state index contributed by atoms with van der Waals surface area (Å²) in [4.78, 5) is 2.52. The van der Waals surface area contributed by atoms with E-state index in [1.807, 2.05) is 12.1 Å². The highest BCUT2D eigenvalue weighted by atomic mass is 16.5. The Labute approximate surface area is 176 Å². The number of hydrazone groups is 1. The Morgan fingerprint density at radius 2 is 1.73 bits per heavy atom. The molecule has 0 radical (unpaired) electrons. The Morgan fingerprint density at radius 1 is 0.933 bits per heavy atom. The molecule has 5 heteroatoms. The van der Waals surface area contributed by atoms with E-state index in [9.17, 15) is 0 Å². The van der Waals surface area contributed by atoms with E-state index in [0.29, 0.717) is 0 Å². The summed E-state index contributed by atoms with van der Waals surface area (Å²) in [7, 11) is 0. The molecule has 0 bridgehead atoms. The predicted octanol–water partition coefficient (Wildman–Crippen LogP) is 4.82. The van der Waals surface area contributed by atoms with Crippen LogP contribution in [-0.4, -0.2) is 34.4 Å². The summed E-state index contributed by atoms with van der Waals surface area (Å²) < 4.78 is 12.4. The van der Waals surface area contributed by atoms with Gasteiger partial charge in [-0.05, 0) is 23.8 Å². The van der Waals surface area contributed by atoms with Crippen LogP contribution in [0.2, 0.25) is 0 Å². The van der Waals surface area contributed by atoms with E-state index in [1.54, 1.807) is 6.26 Å². The maximum Gasteiger partial charge on any atom is 0.200 e. The lowest BCUT2D eigenvalue weighted by Gasteiger charge is -2.51. The number of ether oxygens (including phenoxy) is 1. The SMILES string of the molecule is c1ccc(CN2CCC3(CC2)Oc2ccccc2C2CC(c4ccco4)=NN23)cc1. The molecule has 5 nitrogen and oxygen atoms in total. The van der Waals surface area contributed by atoms with Gasteiger partial charge in [-0.3, -0.25) is 4.90 Å². The first kappa shape index (κ1) is 17.8. The van der Waals surface area contributed by atoms with Crippen molar-refractivity contribution < 1.29 is 9.15 Å². The molecule has 2 aromatic carbocycles. The van der Waals surface area contributed by atoms with E-state index in [1.165, 1.54) is 11.1 Å². The van der Waals surface area contributed by atoms with Crippen molar-refractivity contribution in [1.82, 2.24) is 9.91 Å². The molecule has 1 fully saturated rings. The van der Waals surface area contributed by atoms with E-state index in [0.717, 1.165) is 56.1 Å². The van der Waals surface area contributed by atoms with Gasteiger partial charge in [0.25, 0.3) is 0 Å². The summed E-state index contributed by atoms with van der Waals surface area (Å²) in [5.41, 5.74) is 3.21. The zero-order valence-electron chi connectivity index (χ0n) is 16.9. The summed E-state index contributed by atoms with van der Waals surface area (Å²) in [6.07, 6.45) is 4.43. The fourth-order valence-electron chi connectivity index (χ4n) is 5.05. The van der Waals surface area contributed by atoms with Crippen molar-refractivity contribution in [2.45, 2.75) is 37.6 Å². The molecule has 3 aliphatic rings. The molecule has 3 aliphatic heterocycles. The lowest BCUT2D eigenvalue weighted by molar-refractivity contribution is -0.150. The van der Waals surface area contributed by atoms with Crippen LogP contribution in [0.15, 0.2) is 82.5 Å². The van der Waals surface area contributed by atoms with Crippen molar-refractivity contribution in [2.75, 3.05) is 13.1 Å². The van der Waals surface area contributed by atoms with Crippen LogP contribution in [0.25, 0.3) is 0 Å². The van der Waals surface area contributed by atoms with Crippen LogP contribution < -0.4 is 4.74 Å². The molecule has 6 rings (SSSR count). The molecule has 3 aromatic rings. The van der Waals surface area contributed by atoms with Gasteiger partial charge in [0.05, 0.1) is 12.3 Å². The normalized spacial score (nSPS) is 22.3. The first-order valence-electron chi connectivity index (χ1n) is 10.8. The van der Waals surface area contributed by atoms with Crippen molar-refractivity contribution in [2.24, 2.45) is 5.10 Å². The summed E-state index contributed by atoms with van der Waals surface area (Å²) >= 11 is 0. The number of rotatable bonds is 3. The number of hydrogen-bond donors (Lipinski definition) is 0. The fourth-order valence-corrected chi connectivity index (χ4v) is 5.05. The Morgan fingerprint density at radius 3 is 2.53 bits per heavy atom. The van der Waals surface area contributed by atoms with Gasteiger partial charge >= 0.3 is 0 Å². The standard InChI is InChI=1S/C25H25N3O2/c1-2-7-19(8-3-1)18-27-14-12-25(13-15-27)28-22(20-9-4-5-10-23(20)30-25)17-21(26-28)24-11-6-16-29-24/h1-11,16,22H,12-15,17-18H2. The smallest absolute Gasteiger partial charge is 0.200 e. The first-order chi connectivity index (χ1) is 14.8. The topological polar surface area (TPSA) is 41.2 Å². The second-order valence-corrected chi connectivity index (χ2v) is 8.44. The predicted molar refractivity (Wildman–Crippen MR) is 115 cm³/mol. The van der Waals surface area contributed by atoms with Crippen molar-refractivity contribution in [3.05, 3.63) is 89.9 Å². The van der Waals surface area contributed by atoms with E-state index in [2.05, 4.69) is 64.5 Å². The van der Waals surface area contributed by atoms with Gasteiger partial charge in [0, 0.05) is 44.5 Å². The zero-order chi connectivity index (χ0) is 20.0. The van der Waals surface area contributed by atoms with Gasteiger partial charge in [-0.2, -0.15) is 5.10 Å². The highest BCUT2D eigenvalue weighted by Gasteiger charge is 2.51. The minimum Gasteiger partial charge on any atom is -0.466 e. The number of likely N-dealkylation sites (tertiary alicyclic amines) is 1. The molecule has 1 aromatic heterocycles. The number of fused-ring (bicyclic) bond motifs is 4. The Bertz CT molecular complexity index is 1050. The molecule has 152 valence electrons. The molecule has 0 N–H and O–H groups in total. The van der Waals surface area contributed by atoms with Gasteiger partial charge in [-0.1, -0.05) is 48.5 Å². The quantitative estimate of drug-likeness (QED) is 0.633. The maximum absolute atomic E-state index is 6.70. The molecule has 1 atom stereocenters. The first-order valence-corrected chi connectivity index (χ1v) is 10.8. The number of para-hydroxylation sites is 1. The largest absolute Gasteiger partial charge is 0.466 e. The van der Waals surface area contributed by atoms with Gasteiger partial charge in [-0.25, -0.2) is 5.01 Å². The third-order valence-electron chi connectivity index (χ3n) is 6.60. The highest BCUT2D eigenvalue weighted by Crippen LogP contribution is 2.49. The van der Waals surface area contributed by atoms with Gasteiger partial charge in [0.2, 0.25) is 5.72 Å².